The Morgan fingerprint density at radius 3 is 2.86 bits per heavy atom. The zero-order valence-electron chi connectivity index (χ0n) is 8.64. The second kappa shape index (κ2) is 4.50. The lowest BCUT2D eigenvalue weighted by Crippen LogP contribution is -2.32. The second-order valence-electron chi connectivity index (χ2n) is 3.32. The van der Waals surface area contributed by atoms with Crippen LogP contribution in [-0.2, 0) is 18.4 Å². The number of hydrogen-bond donors (Lipinski definition) is 1. The number of aromatic nitrogens is 2. The Kier molecular flexibility index (Phi) is 3.57. The van der Waals surface area contributed by atoms with Crippen LogP contribution in [0.2, 0.25) is 0 Å². The summed E-state index contributed by atoms with van der Waals surface area (Å²) in [5.41, 5.74) is 0. The fourth-order valence-electron chi connectivity index (χ4n) is 1.16. The third kappa shape index (κ3) is 2.51. The molecule has 0 saturated carbocycles. The van der Waals surface area contributed by atoms with Crippen LogP contribution in [0.1, 0.15) is 12.7 Å². The van der Waals surface area contributed by atoms with E-state index in [2.05, 4.69) is 17.6 Å². The molecule has 0 aliphatic heterocycles. The standard InChI is InChI=1S/C9H15N3OS/c1-7(14)9(13)12(3)6-8-10-4-5-11(8)2/h4-5,7,14H,6H2,1-3H3. The van der Waals surface area contributed by atoms with Gasteiger partial charge in [-0.3, -0.25) is 4.79 Å². The summed E-state index contributed by atoms with van der Waals surface area (Å²) < 4.78 is 1.90. The van der Waals surface area contributed by atoms with Gasteiger partial charge in [0.05, 0.1) is 11.8 Å². The van der Waals surface area contributed by atoms with E-state index >= 15 is 0 Å². The quantitative estimate of drug-likeness (QED) is 0.750. The molecule has 1 amide bonds. The Bertz CT molecular complexity index is 322. The Morgan fingerprint density at radius 2 is 2.43 bits per heavy atom. The number of amides is 1. The highest BCUT2D eigenvalue weighted by atomic mass is 32.1. The molecule has 1 atom stereocenters. The first-order valence-corrected chi connectivity index (χ1v) is 4.93. The van der Waals surface area contributed by atoms with Crippen LogP contribution in [-0.4, -0.2) is 32.7 Å². The summed E-state index contributed by atoms with van der Waals surface area (Å²) in [7, 11) is 3.66. The van der Waals surface area contributed by atoms with Crippen LogP contribution < -0.4 is 0 Å². The van der Waals surface area contributed by atoms with Crippen molar-refractivity contribution in [2.24, 2.45) is 7.05 Å². The van der Waals surface area contributed by atoms with E-state index in [0.29, 0.717) is 6.54 Å². The molecule has 5 heteroatoms. The smallest absolute Gasteiger partial charge is 0.235 e. The highest BCUT2D eigenvalue weighted by Gasteiger charge is 2.15. The average molecular weight is 213 g/mol. The van der Waals surface area contributed by atoms with E-state index in [-0.39, 0.29) is 11.2 Å². The van der Waals surface area contributed by atoms with Crippen LogP contribution >= 0.6 is 12.6 Å². The van der Waals surface area contributed by atoms with Crippen molar-refractivity contribution < 1.29 is 4.79 Å². The molecule has 0 N–H and O–H groups in total. The van der Waals surface area contributed by atoms with Crippen molar-refractivity contribution in [2.45, 2.75) is 18.7 Å². The number of imidazole rings is 1. The van der Waals surface area contributed by atoms with Gasteiger partial charge in [0.15, 0.2) is 0 Å². The molecule has 14 heavy (non-hydrogen) atoms. The van der Waals surface area contributed by atoms with Gasteiger partial charge in [-0.25, -0.2) is 4.98 Å². The number of hydrogen-bond acceptors (Lipinski definition) is 3. The van der Waals surface area contributed by atoms with E-state index < -0.39 is 0 Å². The van der Waals surface area contributed by atoms with E-state index in [1.807, 2.05) is 17.8 Å². The van der Waals surface area contributed by atoms with Crippen molar-refractivity contribution in [2.75, 3.05) is 7.05 Å². The first kappa shape index (κ1) is 11.1. The molecule has 1 unspecified atom stereocenters. The molecule has 0 spiro atoms. The molecule has 1 aromatic heterocycles. The molecule has 1 rings (SSSR count). The zero-order valence-corrected chi connectivity index (χ0v) is 9.53. The molecular weight excluding hydrogens is 198 g/mol. The SMILES string of the molecule is CC(S)C(=O)N(C)Cc1nccn1C. The topological polar surface area (TPSA) is 38.1 Å². The van der Waals surface area contributed by atoms with E-state index in [0.717, 1.165) is 5.82 Å². The Morgan fingerprint density at radius 1 is 1.79 bits per heavy atom. The van der Waals surface area contributed by atoms with Crippen LogP contribution in [0.4, 0.5) is 0 Å². The molecular formula is C9H15N3OS. The Labute approximate surface area is 89.3 Å². The first-order chi connectivity index (χ1) is 6.52. The van der Waals surface area contributed by atoms with Gasteiger partial charge in [-0.2, -0.15) is 12.6 Å². The van der Waals surface area contributed by atoms with Crippen LogP contribution in [0.15, 0.2) is 12.4 Å². The molecule has 0 bridgehead atoms. The maximum atomic E-state index is 11.5. The van der Waals surface area contributed by atoms with Crippen molar-refractivity contribution in [3.05, 3.63) is 18.2 Å². The van der Waals surface area contributed by atoms with E-state index in [9.17, 15) is 4.79 Å². The summed E-state index contributed by atoms with van der Waals surface area (Å²) in [6.07, 6.45) is 3.58. The Balaban J connectivity index is 2.62. The van der Waals surface area contributed by atoms with Crippen LogP contribution in [0.3, 0.4) is 0 Å². The minimum absolute atomic E-state index is 0.0105. The van der Waals surface area contributed by atoms with Gasteiger partial charge in [-0.1, -0.05) is 0 Å². The first-order valence-electron chi connectivity index (χ1n) is 4.41. The van der Waals surface area contributed by atoms with Gasteiger partial charge in [-0.15, -0.1) is 0 Å². The van der Waals surface area contributed by atoms with Crippen LogP contribution in [0, 0.1) is 0 Å². The summed E-state index contributed by atoms with van der Waals surface area (Å²) >= 11 is 4.09. The van der Waals surface area contributed by atoms with Gasteiger partial charge >= 0.3 is 0 Å². The second-order valence-corrected chi connectivity index (χ2v) is 4.10. The lowest BCUT2D eigenvalue weighted by Gasteiger charge is -2.18. The normalized spacial score (nSPS) is 12.6. The van der Waals surface area contributed by atoms with Crippen molar-refractivity contribution in [3.63, 3.8) is 0 Å². The predicted molar refractivity (Wildman–Crippen MR) is 58.1 cm³/mol. The number of aryl methyl sites for hydroxylation is 1. The number of thiol groups is 1. The molecule has 78 valence electrons. The number of nitrogens with zero attached hydrogens (tertiary/aromatic N) is 3. The Hall–Kier alpha value is -0.970. The van der Waals surface area contributed by atoms with Gasteiger partial charge in [0.25, 0.3) is 0 Å². The lowest BCUT2D eigenvalue weighted by atomic mass is 10.4. The van der Waals surface area contributed by atoms with Crippen LogP contribution in [0.5, 0.6) is 0 Å². The summed E-state index contributed by atoms with van der Waals surface area (Å²) in [5, 5.41) is -0.264. The molecule has 0 radical (unpaired) electrons. The third-order valence-corrected chi connectivity index (χ3v) is 2.25. The lowest BCUT2D eigenvalue weighted by molar-refractivity contribution is -0.129. The van der Waals surface area contributed by atoms with Gasteiger partial charge in [0, 0.05) is 26.5 Å². The maximum absolute atomic E-state index is 11.5. The van der Waals surface area contributed by atoms with Crippen molar-refractivity contribution in [1.82, 2.24) is 14.5 Å². The number of carbonyl (C=O) groups excluding carboxylic acids is 1. The van der Waals surface area contributed by atoms with E-state index in [1.54, 1.807) is 25.1 Å². The zero-order chi connectivity index (χ0) is 10.7. The summed E-state index contributed by atoms with van der Waals surface area (Å²) in [6.45, 7) is 2.29. The molecule has 0 aliphatic rings. The van der Waals surface area contributed by atoms with E-state index in [4.69, 9.17) is 0 Å². The summed E-state index contributed by atoms with van der Waals surface area (Å²) in [6, 6.07) is 0. The molecule has 0 saturated heterocycles. The van der Waals surface area contributed by atoms with Crippen molar-refractivity contribution in [3.8, 4) is 0 Å². The highest BCUT2D eigenvalue weighted by molar-refractivity contribution is 7.81. The van der Waals surface area contributed by atoms with Gasteiger partial charge in [-0.05, 0) is 6.92 Å². The fraction of sp³-hybridized carbons (Fsp3) is 0.556. The van der Waals surface area contributed by atoms with Gasteiger partial charge in [0.1, 0.15) is 5.82 Å². The predicted octanol–water partition coefficient (Wildman–Crippen LogP) is 0.697. The number of rotatable bonds is 3. The van der Waals surface area contributed by atoms with Gasteiger partial charge in [0.2, 0.25) is 5.91 Å². The minimum atomic E-state index is -0.264. The van der Waals surface area contributed by atoms with E-state index in [1.165, 1.54) is 0 Å². The van der Waals surface area contributed by atoms with Gasteiger partial charge < -0.3 is 9.47 Å². The maximum Gasteiger partial charge on any atom is 0.235 e. The number of carbonyl (C=O) groups is 1. The minimum Gasteiger partial charge on any atom is -0.337 e. The monoisotopic (exact) mass is 213 g/mol. The molecule has 4 nitrogen and oxygen atoms in total. The average Bonchev–Trinajstić information content (AvgIpc) is 2.50. The largest absolute Gasteiger partial charge is 0.337 e. The van der Waals surface area contributed by atoms with Crippen molar-refractivity contribution in [1.29, 1.82) is 0 Å². The van der Waals surface area contributed by atoms with Crippen molar-refractivity contribution >= 4 is 18.5 Å². The fourth-order valence-corrected chi connectivity index (χ4v) is 1.35. The third-order valence-electron chi connectivity index (χ3n) is 2.03. The highest BCUT2D eigenvalue weighted by Crippen LogP contribution is 2.04. The summed E-state index contributed by atoms with van der Waals surface area (Å²) in [4.78, 5) is 17.3. The molecule has 0 aromatic carbocycles. The molecule has 0 fully saturated rings. The molecule has 1 aromatic rings. The summed E-state index contributed by atoms with van der Waals surface area (Å²) in [5.74, 6) is 0.881. The van der Waals surface area contributed by atoms with Crippen LogP contribution in [0.25, 0.3) is 0 Å². The molecule has 1 heterocycles. The molecule has 0 aliphatic carbocycles.